The molecule has 2 amide bonds. The second-order valence-corrected chi connectivity index (χ2v) is 6.02. The number of carbonyl (C=O) groups is 2. The number of fused-ring (bicyclic) bond motifs is 1. The van der Waals surface area contributed by atoms with Crippen LogP contribution in [-0.2, 0) is 11.3 Å². The highest BCUT2D eigenvalue weighted by Gasteiger charge is 2.14. The molecule has 25 heavy (non-hydrogen) atoms. The van der Waals surface area contributed by atoms with Crippen LogP contribution in [0.3, 0.4) is 0 Å². The fraction of sp³-hybridized carbons (Fsp3) is 0.263. The number of benzene rings is 2. The van der Waals surface area contributed by atoms with Crippen LogP contribution >= 0.6 is 0 Å². The zero-order valence-electron chi connectivity index (χ0n) is 14.2. The van der Waals surface area contributed by atoms with Gasteiger partial charge < -0.3 is 20.1 Å². The number of carbonyl (C=O) groups excluding carboxylic acids is 2. The van der Waals surface area contributed by atoms with E-state index in [1.165, 1.54) is 0 Å². The number of aryl methyl sites for hydroxylation is 2. The Hall–Kier alpha value is -3.02. The van der Waals surface area contributed by atoms with Crippen LogP contribution in [0.4, 0.5) is 0 Å². The second-order valence-electron chi connectivity index (χ2n) is 6.02. The first-order chi connectivity index (χ1) is 12.0. The molecule has 0 fully saturated rings. The largest absolute Gasteiger partial charge is 0.454 e. The molecule has 0 saturated carbocycles. The molecule has 3 rings (SSSR count). The van der Waals surface area contributed by atoms with Gasteiger partial charge >= 0.3 is 0 Å². The van der Waals surface area contributed by atoms with Crippen molar-refractivity contribution in [3.05, 3.63) is 58.7 Å². The van der Waals surface area contributed by atoms with Crippen LogP contribution in [0.5, 0.6) is 11.5 Å². The SMILES string of the molecule is Cc1cc(C)cc(C(=O)NCC(=O)NCc2ccc3c(c2)OCO3)c1. The number of rotatable bonds is 5. The fourth-order valence-electron chi connectivity index (χ4n) is 2.68. The van der Waals surface area contributed by atoms with E-state index in [1.54, 1.807) is 12.1 Å². The van der Waals surface area contributed by atoms with E-state index < -0.39 is 0 Å². The molecule has 0 radical (unpaired) electrons. The van der Waals surface area contributed by atoms with Gasteiger partial charge in [-0.05, 0) is 43.7 Å². The number of hydrogen-bond donors (Lipinski definition) is 2. The highest BCUT2D eigenvalue weighted by molar-refractivity contribution is 5.96. The van der Waals surface area contributed by atoms with Crippen molar-refractivity contribution in [1.29, 1.82) is 0 Å². The van der Waals surface area contributed by atoms with Gasteiger partial charge in [0.05, 0.1) is 6.54 Å². The maximum atomic E-state index is 12.1. The molecule has 0 bridgehead atoms. The summed E-state index contributed by atoms with van der Waals surface area (Å²) in [5.74, 6) is 0.867. The van der Waals surface area contributed by atoms with Crippen molar-refractivity contribution in [3.8, 4) is 11.5 Å². The van der Waals surface area contributed by atoms with Crippen molar-refractivity contribution < 1.29 is 19.1 Å². The third-order valence-electron chi connectivity index (χ3n) is 3.82. The lowest BCUT2D eigenvalue weighted by Gasteiger charge is -2.09. The summed E-state index contributed by atoms with van der Waals surface area (Å²) in [5, 5.41) is 5.41. The van der Waals surface area contributed by atoms with Crippen molar-refractivity contribution >= 4 is 11.8 Å². The van der Waals surface area contributed by atoms with Crippen LogP contribution in [0.1, 0.15) is 27.0 Å². The standard InChI is InChI=1S/C19H20N2O4/c1-12-5-13(2)7-15(6-12)19(23)21-10-18(22)20-9-14-3-4-16-17(8-14)25-11-24-16/h3-8H,9-11H2,1-2H3,(H,20,22)(H,21,23). The molecule has 1 aliphatic heterocycles. The van der Waals surface area contributed by atoms with Crippen LogP contribution in [0.25, 0.3) is 0 Å². The topological polar surface area (TPSA) is 76.7 Å². The zero-order valence-corrected chi connectivity index (χ0v) is 14.2. The molecule has 0 aliphatic carbocycles. The molecule has 0 aromatic heterocycles. The molecule has 0 unspecified atom stereocenters. The van der Waals surface area contributed by atoms with E-state index in [9.17, 15) is 9.59 Å². The summed E-state index contributed by atoms with van der Waals surface area (Å²) < 4.78 is 10.5. The summed E-state index contributed by atoms with van der Waals surface area (Å²) in [4.78, 5) is 24.1. The Morgan fingerprint density at radius 2 is 1.68 bits per heavy atom. The Kier molecular flexibility index (Phi) is 4.88. The molecule has 6 nitrogen and oxygen atoms in total. The van der Waals surface area contributed by atoms with Gasteiger partial charge in [-0.1, -0.05) is 23.3 Å². The van der Waals surface area contributed by atoms with Gasteiger partial charge in [0.25, 0.3) is 5.91 Å². The van der Waals surface area contributed by atoms with E-state index in [0.29, 0.717) is 23.6 Å². The van der Waals surface area contributed by atoms with Crippen LogP contribution in [0.15, 0.2) is 36.4 Å². The number of ether oxygens (including phenoxy) is 2. The van der Waals surface area contributed by atoms with Crippen LogP contribution in [0, 0.1) is 13.8 Å². The molecule has 2 aromatic carbocycles. The third-order valence-corrected chi connectivity index (χ3v) is 3.82. The average Bonchev–Trinajstić information content (AvgIpc) is 3.04. The fourth-order valence-corrected chi connectivity index (χ4v) is 2.68. The Morgan fingerprint density at radius 1 is 0.960 bits per heavy atom. The summed E-state index contributed by atoms with van der Waals surface area (Å²) in [6.45, 7) is 4.37. The van der Waals surface area contributed by atoms with E-state index in [-0.39, 0.29) is 25.2 Å². The van der Waals surface area contributed by atoms with E-state index in [4.69, 9.17) is 9.47 Å². The van der Waals surface area contributed by atoms with Gasteiger partial charge in [-0.2, -0.15) is 0 Å². The van der Waals surface area contributed by atoms with Crippen LogP contribution in [-0.4, -0.2) is 25.2 Å². The molecule has 2 N–H and O–H groups in total. The highest BCUT2D eigenvalue weighted by atomic mass is 16.7. The van der Waals surface area contributed by atoms with E-state index in [2.05, 4.69) is 10.6 Å². The first-order valence-corrected chi connectivity index (χ1v) is 8.03. The smallest absolute Gasteiger partial charge is 0.251 e. The average molecular weight is 340 g/mol. The lowest BCUT2D eigenvalue weighted by Crippen LogP contribution is -2.36. The van der Waals surface area contributed by atoms with Crippen molar-refractivity contribution in [3.63, 3.8) is 0 Å². The van der Waals surface area contributed by atoms with Gasteiger partial charge in [-0.15, -0.1) is 0 Å². The lowest BCUT2D eigenvalue weighted by atomic mass is 10.1. The first kappa shape index (κ1) is 16.8. The van der Waals surface area contributed by atoms with Crippen LogP contribution in [0.2, 0.25) is 0 Å². The predicted molar refractivity (Wildman–Crippen MR) is 92.7 cm³/mol. The molecule has 6 heteroatoms. The van der Waals surface area contributed by atoms with Crippen molar-refractivity contribution in [2.45, 2.75) is 20.4 Å². The molecule has 130 valence electrons. The van der Waals surface area contributed by atoms with Gasteiger partial charge in [0.1, 0.15) is 0 Å². The highest BCUT2D eigenvalue weighted by Crippen LogP contribution is 2.32. The summed E-state index contributed by atoms with van der Waals surface area (Å²) in [6, 6.07) is 11.1. The normalized spacial score (nSPS) is 11.9. The van der Waals surface area contributed by atoms with Crippen molar-refractivity contribution in [1.82, 2.24) is 10.6 Å². The summed E-state index contributed by atoms with van der Waals surface area (Å²) >= 11 is 0. The molecule has 0 atom stereocenters. The molecule has 1 aliphatic rings. The Bertz CT molecular complexity index is 797. The molecule has 2 aromatic rings. The van der Waals surface area contributed by atoms with E-state index >= 15 is 0 Å². The number of amides is 2. The first-order valence-electron chi connectivity index (χ1n) is 8.03. The summed E-state index contributed by atoms with van der Waals surface area (Å²) in [7, 11) is 0. The van der Waals surface area contributed by atoms with Crippen LogP contribution < -0.4 is 20.1 Å². The minimum atomic E-state index is -0.259. The lowest BCUT2D eigenvalue weighted by molar-refractivity contribution is -0.120. The minimum Gasteiger partial charge on any atom is -0.454 e. The van der Waals surface area contributed by atoms with Gasteiger partial charge in [-0.3, -0.25) is 9.59 Å². The van der Waals surface area contributed by atoms with Crippen molar-refractivity contribution in [2.75, 3.05) is 13.3 Å². The predicted octanol–water partition coefficient (Wildman–Crippen LogP) is 2.08. The second kappa shape index (κ2) is 7.25. The van der Waals surface area contributed by atoms with Gasteiger partial charge in [0, 0.05) is 12.1 Å². The van der Waals surface area contributed by atoms with E-state index in [1.807, 2.05) is 38.1 Å². The van der Waals surface area contributed by atoms with Crippen molar-refractivity contribution in [2.24, 2.45) is 0 Å². The maximum absolute atomic E-state index is 12.1. The molecular weight excluding hydrogens is 320 g/mol. The van der Waals surface area contributed by atoms with Gasteiger partial charge in [0.2, 0.25) is 12.7 Å². The van der Waals surface area contributed by atoms with Gasteiger partial charge in [-0.25, -0.2) is 0 Å². The Balaban J connectivity index is 1.48. The van der Waals surface area contributed by atoms with Gasteiger partial charge in [0.15, 0.2) is 11.5 Å². The maximum Gasteiger partial charge on any atom is 0.251 e. The summed E-state index contributed by atoms with van der Waals surface area (Å²) in [5.41, 5.74) is 3.48. The zero-order chi connectivity index (χ0) is 17.8. The molecule has 0 saturated heterocycles. The Labute approximate surface area is 146 Å². The third kappa shape index (κ3) is 4.29. The minimum absolute atomic E-state index is 0.0730. The number of nitrogens with one attached hydrogen (secondary N) is 2. The summed E-state index contributed by atoms with van der Waals surface area (Å²) in [6.07, 6.45) is 0. The molecular formula is C19H20N2O4. The Morgan fingerprint density at radius 3 is 2.44 bits per heavy atom. The monoisotopic (exact) mass is 340 g/mol. The quantitative estimate of drug-likeness (QED) is 0.874. The molecule has 0 spiro atoms. The van der Waals surface area contributed by atoms with E-state index in [0.717, 1.165) is 16.7 Å². The number of hydrogen-bond acceptors (Lipinski definition) is 4. The molecule has 1 heterocycles.